The summed E-state index contributed by atoms with van der Waals surface area (Å²) in [7, 11) is 0. The number of amides is 1. The Morgan fingerprint density at radius 3 is 2.57 bits per heavy atom. The Hall–Kier alpha value is -3.20. The maximum atomic E-state index is 12.8. The number of piperazine rings is 2. The number of nitrogens with one attached hydrogen (secondary N) is 2. The minimum absolute atomic E-state index is 0.0480. The summed E-state index contributed by atoms with van der Waals surface area (Å²) in [5.74, 6) is 2.11. The highest BCUT2D eigenvalue weighted by atomic mass is 16.2. The van der Waals surface area contributed by atoms with Crippen molar-refractivity contribution in [2.45, 2.75) is 76.5 Å². The van der Waals surface area contributed by atoms with E-state index >= 15 is 0 Å². The molecular formula is C28H38N8O. The molecule has 3 aliphatic heterocycles. The van der Waals surface area contributed by atoms with Crippen molar-refractivity contribution < 1.29 is 4.79 Å². The number of likely N-dealkylation sites (N-methyl/N-ethyl adjacent to an activating group) is 1. The lowest BCUT2D eigenvalue weighted by atomic mass is 9.77. The van der Waals surface area contributed by atoms with E-state index in [1.807, 2.05) is 30.6 Å². The zero-order valence-electron chi connectivity index (χ0n) is 22.2. The molecule has 9 nitrogen and oxygen atoms in total. The van der Waals surface area contributed by atoms with Crippen LogP contribution in [0.15, 0.2) is 30.6 Å². The van der Waals surface area contributed by atoms with Crippen molar-refractivity contribution >= 4 is 35.3 Å². The van der Waals surface area contributed by atoms with Crippen LogP contribution in [0.3, 0.4) is 0 Å². The molecule has 1 spiro atoms. The quantitative estimate of drug-likeness (QED) is 0.656. The fourth-order valence-corrected chi connectivity index (χ4v) is 6.91. The molecular weight excluding hydrogens is 464 g/mol. The second kappa shape index (κ2) is 9.59. The first-order valence-corrected chi connectivity index (χ1v) is 13.8. The van der Waals surface area contributed by atoms with Gasteiger partial charge in [0.05, 0.1) is 17.4 Å². The number of nitrogens with zero attached hydrogens (tertiary/aromatic N) is 6. The summed E-state index contributed by atoms with van der Waals surface area (Å²) >= 11 is 0. The molecule has 1 saturated carbocycles. The average molecular weight is 503 g/mol. The maximum Gasteiger partial charge on any atom is 0.246 e. The SMILES string of the molecule is CCN1C(C)CN(c2ccc(Nc3ncc4c(n3)N3C(C=C4)C(=O)NCC34CCCCC4)nc2)CC1C. The van der Waals surface area contributed by atoms with E-state index in [4.69, 9.17) is 4.98 Å². The van der Waals surface area contributed by atoms with Gasteiger partial charge in [-0.2, -0.15) is 4.98 Å². The van der Waals surface area contributed by atoms with E-state index in [0.29, 0.717) is 30.4 Å². The molecule has 1 amide bonds. The number of rotatable bonds is 4. The fraction of sp³-hybridized carbons (Fsp3) is 0.571. The van der Waals surface area contributed by atoms with E-state index < -0.39 is 0 Å². The van der Waals surface area contributed by atoms with Crippen LogP contribution < -0.4 is 20.4 Å². The van der Waals surface area contributed by atoms with E-state index in [9.17, 15) is 4.79 Å². The highest BCUT2D eigenvalue weighted by molar-refractivity contribution is 5.93. The van der Waals surface area contributed by atoms with Crippen LogP contribution in [0, 0.1) is 0 Å². The van der Waals surface area contributed by atoms with Crippen LogP contribution in [-0.2, 0) is 4.79 Å². The van der Waals surface area contributed by atoms with Gasteiger partial charge >= 0.3 is 0 Å². The third-order valence-electron chi connectivity index (χ3n) is 8.74. The molecule has 2 saturated heterocycles. The minimum Gasteiger partial charge on any atom is -0.367 e. The van der Waals surface area contributed by atoms with Crippen molar-refractivity contribution in [2.75, 3.05) is 41.3 Å². The van der Waals surface area contributed by atoms with Gasteiger partial charge in [-0.15, -0.1) is 0 Å². The number of carbonyl (C=O) groups is 1. The molecule has 196 valence electrons. The summed E-state index contributed by atoms with van der Waals surface area (Å²) in [5.41, 5.74) is 2.01. The van der Waals surface area contributed by atoms with Gasteiger partial charge in [0.15, 0.2) is 0 Å². The second-order valence-electron chi connectivity index (χ2n) is 11.1. The molecule has 0 bridgehead atoms. The van der Waals surface area contributed by atoms with E-state index in [1.165, 1.54) is 19.3 Å². The Morgan fingerprint density at radius 1 is 1.08 bits per heavy atom. The van der Waals surface area contributed by atoms with Crippen LogP contribution in [-0.4, -0.2) is 75.6 Å². The van der Waals surface area contributed by atoms with Crippen molar-refractivity contribution in [3.05, 3.63) is 36.2 Å². The number of anilines is 4. The summed E-state index contributed by atoms with van der Waals surface area (Å²) in [4.78, 5) is 34.3. The zero-order valence-corrected chi connectivity index (χ0v) is 22.2. The van der Waals surface area contributed by atoms with Crippen molar-refractivity contribution in [1.29, 1.82) is 0 Å². The predicted octanol–water partition coefficient (Wildman–Crippen LogP) is 3.57. The normalized spacial score (nSPS) is 27.0. The second-order valence-corrected chi connectivity index (χ2v) is 11.1. The van der Waals surface area contributed by atoms with Crippen LogP contribution in [0.1, 0.15) is 58.4 Å². The van der Waals surface area contributed by atoms with Crippen molar-refractivity contribution in [3.8, 4) is 0 Å². The molecule has 3 unspecified atom stereocenters. The average Bonchev–Trinajstić information content (AvgIpc) is 2.91. The van der Waals surface area contributed by atoms with Crippen LogP contribution in [0.4, 0.5) is 23.3 Å². The summed E-state index contributed by atoms with van der Waals surface area (Å²) in [6.07, 6.45) is 13.5. The topological polar surface area (TPSA) is 89.5 Å². The molecule has 5 heterocycles. The van der Waals surface area contributed by atoms with Crippen LogP contribution in [0.5, 0.6) is 0 Å². The standard InChI is InChI=1S/C28H38N8O/c1-4-35-19(2)16-34(17-20(35)3)22-9-11-24(29-15-22)32-27-30-14-21-8-10-23-26(37)31-18-28(12-6-5-7-13-28)36(23)25(21)33-27/h8-11,14-15,19-20,23H,4-7,12-13,16-18H2,1-3H3,(H,31,37)(H,29,30,32,33). The molecule has 6 rings (SSSR count). The van der Waals surface area contributed by atoms with Gasteiger partial charge in [0, 0.05) is 43.5 Å². The lowest BCUT2D eigenvalue weighted by Gasteiger charge is -2.54. The Kier molecular flexibility index (Phi) is 6.26. The lowest BCUT2D eigenvalue weighted by Crippen LogP contribution is -2.69. The molecule has 0 radical (unpaired) electrons. The number of fused-ring (bicyclic) bond motifs is 4. The van der Waals surface area contributed by atoms with Gasteiger partial charge in [-0.25, -0.2) is 9.97 Å². The minimum atomic E-state index is -0.322. The first kappa shape index (κ1) is 24.2. The molecule has 2 N–H and O–H groups in total. The molecule has 37 heavy (non-hydrogen) atoms. The van der Waals surface area contributed by atoms with Gasteiger partial charge in [0.2, 0.25) is 11.9 Å². The number of hydrogen-bond acceptors (Lipinski definition) is 8. The zero-order chi connectivity index (χ0) is 25.6. The van der Waals surface area contributed by atoms with Crippen LogP contribution >= 0.6 is 0 Å². The van der Waals surface area contributed by atoms with Gasteiger partial charge in [-0.05, 0) is 45.4 Å². The highest BCUT2D eigenvalue weighted by Crippen LogP contribution is 2.43. The van der Waals surface area contributed by atoms with E-state index in [-0.39, 0.29) is 17.5 Å². The third kappa shape index (κ3) is 4.33. The van der Waals surface area contributed by atoms with Gasteiger partial charge < -0.3 is 20.4 Å². The molecule has 2 aromatic rings. The predicted molar refractivity (Wildman–Crippen MR) is 147 cm³/mol. The van der Waals surface area contributed by atoms with Gasteiger partial charge in [0.25, 0.3) is 0 Å². The summed E-state index contributed by atoms with van der Waals surface area (Å²) in [5, 5.41) is 6.47. The number of carbonyl (C=O) groups excluding carboxylic acids is 1. The summed E-state index contributed by atoms with van der Waals surface area (Å²) in [6, 6.07) is 4.83. The maximum absolute atomic E-state index is 12.8. The van der Waals surface area contributed by atoms with Crippen LogP contribution in [0.25, 0.3) is 6.08 Å². The smallest absolute Gasteiger partial charge is 0.246 e. The largest absolute Gasteiger partial charge is 0.367 e. The Balaban J connectivity index is 1.23. The lowest BCUT2D eigenvalue weighted by molar-refractivity contribution is -0.123. The molecule has 1 aliphatic carbocycles. The Morgan fingerprint density at radius 2 is 1.86 bits per heavy atom. The molecule has 4 aliphatic rings. The molecule has 9 heteroatoms. The van der Waals surface area contributed by atoms with Crippen molar-refractivity contribution in [2.24, 2.45) is 0 Å². The first-order valence-electron chi connectivity index (χ1n) is 13.8. The van der Waals surface area contributed by atoms with Crippen molar-refractivity contribution in [3.63, 3.8) is 0 Å². The highest BCUT2D eigenvalue weighted by Gasteiger charge is 2.49. The van der Waals surface area contributed by atoms with E-state index in [1.54, 1.807) is 0 Å². The number of hydrogen-bond donors (Lipinski definition) is 2. The fourth-order valence-electron chi connectivity index (χ4n) is 6.91. The Bertz CT molecular complexity index is 1160. The molecule has 3 fully saturated rings. The number of aromatic nitrogens is 3. The summed E-state index contributed by atoms with van der Waals surface area (Å²) in [6.45, 7) is 10.6. The third-order valence-corrected chi connectivity index (χ3v) is 8.74. The summed E-state index contributed by atoms with van der Waals surface area (Å²) < 4.78 is 0. The Labute approximate surface area is 219 Å². The molecule has 0 aromatic carbocycles. The van der Waals surface area contributed by atoms with Gasteiger partial charge in [0.1, 0.15) is 17.7 Å². The van der Waals surface area contributed by atoms with Crippen molar-refractivity contribution in [1.82, 2.24) is 25.2 Å². The van der Waals surface area contributed by atoms with E-state index in [0.717, 1.165) is 49.5 Å². The molecule has 3 atom stereocenters. The van der Waals surface area contributed by atoms with Gasteiger partial charge in [-0.3, -0.25) is 9.69 Å². The molecule has 2 aromatic heterocycles. The van der Waals surface area contributed by atoms with Gasteiger partial charge in [-0.1, -0.05) is 38.3 Å². The van der Waals surface area contributed by atoms with E-state index in [2.05, 4.69) is 62.1 Å². The number of pyridine rings is 1. The first-order chi connectivity index (χ1) is 18.0. The van der Waals surface area contributed by atoms with Crippen LogP contribution in [0.2, 0.25) is 0 Å². The monoisotopic (exact) mass is 502 g/mol.